The largest absolute Gasteiger partial charge is 0.573 e. The molecule has 0 aromatic heterocycles. The zero-order chi connectivity index (χ0) is 20.7. The number of amides is 1. The maximum Gasteiger partial charge on any atom is 0.573 e. The molecule has 0 bridgehead atoms. The molecule has 3 rings (SSSR count). The van der Waals surface area contributed by atoms with Gasteiger partial charge < -0.3 is 20.5 Å². The van der Waals surface area contributed by atoms with Crippen molar-refractivity contribution in [2.24, 2.45) is 11.1 Å². The molecule has 0 spiro atoms. The van der Waals surface area contributed by atoms with E-state index in [1.807, 2.05) is 0 Å². The number of benzene rings is 2. The van der Waals surface area contributed by atoms with Crippen LogP contribution in [0.1, 0.15) is 11.1 Å². The van der Waals surface area contributed by atoms with Crippen molar-refractivity contribution in [2.45, 2.75) is 12.0 Å². The number of nitrogens with zero attached hydrogens (tertiary/aromatic N) is 1. The molecule has 0 aliphatic carbocycles. The molecule has 1 amide bonds. The lowest BCUT2D eigenvalue weighted by molar-refractivity contribution is -0.274. The van der Waals surface area contributed by atoms with Gasteiger partial charge in [-0.25, -0.2) is 0 Å². The van der Waals surface area contributed by atoms with Gasteiger partial charge in [-0.2, -0.15) is 0 Å². The van der Waals surface area contributed by atoms with Gasteiger partial charge in [0.2, 0.25) is 5.91 Å². The van der Waals surface area contributed by atoms with Crippen molar-refractivity contribution in [1.29, 1.82) is 0 Å². The lowest BCUT2D eigenvalue weighted by Gasteiger charge is -2.55. The van der Waals surface area contributed by atoms with Crippen molar-refractivity contribution in [3.05, 3.63) is 64.7 Å². The number of alkyl halides is 3. The van der Waals surface area contributed by atoms with Gasteiger partial charge in [-0.3, -0.25) is 4.79 Å². The van der Waals surface area contributed by atoms with Crippen molar-refractivity contribution in [1.82, 2.24) is 4.90 Å². The van der Waals surface area contributed by atoms with Crippen LogP contribution in [0.25, 0.3) is 0 Å². The highest BCUT2D eigenvalue weighted by atomic mass is 35.5. The first kappa shape index (κ1) is 20.4. The molecule has 1 fully saturated rings. The van der Waals surface area contributed by atoms with Crippen LogP contribution in [-0.2, 0) is 10.4 Å². The molecule has 0 saturated carbocycles. The lowest BCUT2D eigenvalue weighted by Crippen LogP contribution is -2.70. The molecule has 1 aliphatic heterocycles. The Labute approximate surface area is 164 Å². The molecule has 1 aliphatic rings. The van der Waals surface area contributed by atoms with Crippen molar-refractivity contribution in [2.75, 3.05) is 20.1 Å². The van der Waals surface area contributed by atoms with Gasteiger partial charge in [0, 0.05) is 18.1 Å². The van der Waals surface area contributed by atoms with Crippen molar-refractivity contribution < 1.29 is 27.8 Å². The van der Waals surface area contributed by atoms with E-state index in [9.17, 15) is 23.1 Å². The maximum absolute atomic E-state index is 12.4. The fourth-order valence-electron chi connectivity index (χ4n) is 3.77. The lowest BCUT2D eigenvalue weighted by atomic mass is 9.60. The molecule has 0 unspecified atom stereocenters. The molecule has 1 atom stereocenters. The molecule has 0 radical (unpaired) electrons. The zero-order valence-electron chi connectivity index (χ0n) is 14.8. The highest BCUT2D eigenvalue weighted by molar-refractivity contribution is 6.30. The summed E-state index contributed by atoms with van der Waals surface area (Å²) in [5.41, 5.74) is 2.92. The van der Waals surface area contributed by atoms with E-state index in [1.54, 1.807) is 30.1 Å². The molecule has 5 nitrogen and oxygen atoms in total. The predicted molar refractivity (Wildman–Crippen MR) is 96.7 cm³/mol. The maximum atomic E-state index is 12.4. The number of hydrogen-bond acceptors (Lipinski definition) is 4. The minimum absolute atomic E-state index is 0.173. The normalized spacial score (nSPS) is 18.8. The van der Waals surface area contributed by atoms with Crippen LogP contribution in [0.3, 0.4) is 0 Å². The van der Waals surface area contributed by atoms with Gasteiger partial charge in [0.1, 0.15) is 16.8 Å². The number of nitrogens with two attached hydrogens (primary N) is 1. The van der Waals surface area contributed by atoms with Crippen LogP contribution in [0, 0.1) is 5.41 Å². The van der Waals surface area contributed by atoms with E-state index < -0.39 is 29.0 Å². The quantitative estimate of drug-likeness (QED) is 0.789. The molecule has 150 valence electrons. The molecule has 2 aromatic rings. The fraction of sp³-hybridized carbons (Fsp3) is 0.316. The number of carbonyl (C=O) groups excluding carboxylic acids is 1. The van der Waals surface area contributed by atoms with E-state index >= 15 is 0 Å². The third-order valence-corrected chi connectivity index (χ3v) is 5.23. The summed E-state index contributed by atoms with van der Waals surface area (Å²) >= 11 is 6.07. The topological polar surface area (TPSA) is 75.8 Å². The van der Waals surface area contributed by atoms with E-state index in [4.69, 9.17) is 17.3 Å². The number of halogens is 4. The third kappa shape index (κ3) is 3.43. The summed E-state index contributed by atoms with van der Waals surface area (Å²) in [5.74, 6) is -1.16. The monoisotopic (exact) mass is 414 g/mol. The van der Waals surface area contributed by atoms with E-state index in [-0.39, 0.29) is 18.7 Å². The average Bonchev–Trinajstić information content (AvgIpc) is 2.57. The fourth-order valence-corrected chi connectivity index (χ4v) is 3.96. The summed E-state index contributed by atoms with van der Waals surface area (Å²) in [5, 5.41) is 12.1. The minimum atomic E-state index is -4.84. The highest BCUT2D eigenvalue weighted by Gasteiger charge is 2.62. The minimum Gasteiger partial charge on any atom is -0.406 e. The average molecular weight is 415 g/mol. The van der Waals surface area contributed by atoms with Crippen LogP contribution in [0.5, 0.6) is 5.75 Å². The second kappa shape index (κ2) is 6.95. The van der Waals surface area contributed by atoms with Crippen LogP contribution in [0.2, 0.25) is 5.02 Å². The van der Waals surface area contributed by atoms with Gasteiger partial charge in [0.15, 0.2) is 0 Å². The van der Waals surface area contributed by atoms with E-state index in [1.165, 1.54) is 18.2 Å². The van der Waals surface area contributed by atoms with E-state index in [0.29, 0.717) is 10.6 Å². The molecule has 1 saturated heterocycles. The summed E-state index contributed by atoms with van der Waals surface area (Å²) in [4.78, 5) is 14.2. The van der Waals surface area contributed by atoms with Gasteiger partial charge in [0.05, 0.1) is 0 Å². The number of ether oxygens (including phenoxy) is 1. The van der Waals surface area contributed by atoms with Crippen LogP contribution in [0.4, 0.5) is 13.2 Å². The van der Waals surface area contributed by atoms with Crippen molar-refractivity contribution >= 4 is 17.5 Å². The van der Waals surface area contributed by atoms with Crippen LogP contribution in [-0.4, -0.2) is 42.4 Å². The van der Waals surface area contributed by atoms with Crippen molar-refractivity contribution in [3.63, 3.8) is 0 Å². The smallest absolute Gasteiger partial charge is 0.406 e. The first-order valence-corrected chi connectivity index (χ1v) is 8.69. The Balaban J connectivity index is 2.13. The highest BCUT2D eigenvalue weighted by Crippen LogP contribution is 2.50. The standard InChI is InChI=1S/C19H18ClF3N2O3/c1-25-10-17(11-25,16(24)26)18(27,13-3-2-4-14(20)9-13)12-5-7-15(8-6-12)28-19(21,22)23/h2-9,27H,10-11H2,1H3,(H2,24,26)/t18-/m0/s1. The Bertz CT molecular complexity index is 883. The molecule has 28 heavy (non-hydrogen) atoms. The Morgan fingerprint density at radius 1 is 1.18 bits per heavy atom. The first-order valence-electron chi connectivity index (χ1n) is 8.31. The SMILES string of the molecule is CN1CC(C(N)=O)([C@](O)(c2ccc(OC(F)(F)F)cc2)c2cccc(Cl)c2)C1. The Morgan fingerprint density at radius 2 is 1.79 bits per heavy atom. The van der Waals surface area contributed by atoms with Crippen LogP contribution in [0.15, 0.2) is 48.5 Å². The number of hydrogen-bond donors (Lipinski definition) is 2. The number of aliphatic hydroxyl groups is 1. The van der Waals surface area contributed by atoms with E-state index in [0.717, 1.165) is 12.1 Å². The Hall–Kier alpha value is -2.29. The van der Waals surface area contributed by atoms with Crippen molar-refractivity contribution in [3.8, 4) is 5.75 Å². The molecular formula is C19H18ClF3N2O3. The summed E-state index contributed by atoms with van der Waals surface area (Å²) in [6, 6.07) is 11.0. The van der Waals surface area contributed by atoms with Gasteiger partial charge in [-0.1, -0.05) is 35.9 Å². The molecular weight excluding hydrogens is 397 g/mol. The Kier molecular flexibility index (Phi) is 5.07. The molecule has 2 aromatic carbocycles. The molecule has 3 N–H and O–H groups in total. The van der Waals surface area contributed by atoms with E-state index in [2.05, 4.69) is 4.74 Å². The third-order valence-electron chi connectivity index (χ3n) is 4.99. The second-order valence-corrected chi connectivity index (χ2v) is 7.35. The van der Waals surface area contributed by atoms with Gasteiger partial charge >= 0.3 is 6.36 Å². The van der Waals surface area contributed by atoms with Gasteiger partial charge in [-0.05, 0) is 42.4 Å². The summed E-state index contributed by atoms with van der Waals surface area (Å²) in [6.45, 7) is 0.346. The van der Waals surface area contributed by atoms with Crippen LogP contribution < -0.4 is 10.5 Å². The molecule has 9 heteroatoms. The predicted octanol–water partition coefficient (Wildman–Crippen LogP) is 2.89. The summed E-state index contributed by atoms with van der Waals surface area (Å²) < 4.78 is 41.2. The Morgan fingerprint density at radius 3 is 2.25 bits per heavy atom. The molecule has 1 heterocycles. The van der Waals surface area contributed by atoms with Gasteiger partial charge in [-0.15, -0.1) is 13.2 Å². The number of primary amides is 1. The van der Waals surface area contributed by atoms with Crippen LogP contribution >= 0.6 is 11.6 Å². The number of likely N-dealkylation sites (tertiary alicyclic amines) is 1. The summed E-state index contributed by atoms with van der Waals surface area (Å²) in [6.07, 6.45) is -4.84. The summed E-state index contributed by atoms with van der Waals surface area (Å²) in [7, 11) is 1.76. The van der Waals surface area contributed by atoms with Gasteiger partial charge in [0.25, 0.3) is 0 Å². The zero-order valence-corrected chi connectivity index (χ0v) is 15.6. The first-order chi connectivity index (χ1) is 13.0. The number of rotatable bonds is 5. The second-order valence-electron chi connectivity index (χ2n) is 6.91. The number of carbonyl (C=O) groups is 1.